The second-order valence-electron chi connectivity index (χ2n) is 24.1. The van der Waals surface area contributed by atoms with Gasteiger partial charge in [-0.1, -0.05) is 155 Å². The van der Waals surface area contributed by atoms with Crippen molar-refractivity contribution in [1.29, 1.82) is 5.41 Å². The van der Waals surface area contributed by atoms with Crippen molar-refractivity contribution >= 4 is 46.0 Å². The Kier molecular flexibility index (Phi) is 21.4. The molecule has 85 heavy (non-hydrogen) atoms. The maximum Gasteiger partial charge on any atom is 0.246 e. The molecule has 446 valence electrons. The number of aliphatic hydroxyl groups excluding tert-OH is 2. The lowest BCUT2D eigenvalue weighted by molar-refractivity contribution is -0.144. The van der Waals surface area contributed by atoms with E-state index >= 15 is 0 Å². The Labute approximate surface area is 504 Å². The van der Waals surface area contributed by atoms with Crippen molar-refractivity contribution in [2.45, 2.75) is 174 Å². The molecule has 4 heterocycles. The van der Waals surface area contributed by atoms with Gasteiger partial charge in [0, 0.05) is 69.0 Å². The molecule has 4 aromatic carbocycles. The zero-order valence-electron chi connectivity index (χ0n) is 49.7. The van der Waals surface area contributed by atoms with Crippen molar-refractivity contribution in [2.75, 3.05) is 13.1 Å². The number of β-amino-alcohol motifs (C(OH)–C–C–N with tert-alkyl or cyclic N) is 1. The van der Waals surface area contributed by atoms with E-state index in [2.05, 4.69) is 73.7 Å². The Morgan fingerprint density at radius 1 is 0.741 bits per heavy atom. The van der Waals surface area contributed by atoms with E-state index in [0.717, 1.165) is 137 Å². The predicted molar refractivity (Wildman–Crippen MR) is 336 cm³/mol. The highest BCUT2D eigenvalue weighted by Crippen LogP contribution is 2.40. The second kappa shape index (κ2) is 29.4. The van der Waals surface area contributed by atoms with Crippen LogP contribution < -0.4 is 21.4 Å². The number of nitrogens with one attached hydrogen (secondary N) is 4. The van der Waals surface area contributed by atoms with E-state index < -0.39 is 23.6 Å². The van der Waals surface area contributed by atoms with Crippen LogP contribution in [0, 0.1) is 29.6 Å². The van der Waals surface area contributed by atoms with Gasteiger partial charge in [-0.2, -0.15) is 0 Å². The molecule has 0 spiro atoms. The van der Waals surface area contributed by atoms with Crippen molar-refractivity contribution in [3.63, 3.8) is 0 Å². The zero-order valence-corrected chi connectivity index (χ0v) is 50.6. The number of rotatable bonds is 24. The minimum atomic E-state index is -0.867. The summed E-state index contributed by atoms with van der Waals surface area (Å²) in [4.78, 5) is 65.5. The van der Waals surface area contributed by atoms with Crippen LogP contribution in [0.2, 0.25) is 0 Å². The summed E-state index contributed by atoms with van der Waals surface area (Å²) in [6.07, 6.45) is 12.2. The van der Waals surface area contributed by atoms with Crippen LogP contribution in [0.4, 0.5) is 0 Å². The highest BCUT2D eigenvalue weighted by Gasteiger charge is 2.44. The highest BCUT2D eigenvalue weighted by atomic mass is 32.1. The van der Waals surface area contributed by atoms with Crippen LogP contribution in [0.1, 0.15) is 152 Å². The lowest BCUT2D eigenvalue weighted by Gasteiger charge is -2.35. The first-order valence-electron chi connectivity index (χ1n) is 30.5. The number of fused-ring (bicyclic) bond motifs is 1. The van der Waals surface area contributed by atoms with E-state index in [1.807, 2.05) is 117 Å². The van der Waals surface area contributed by atoms with Crippen molar-refractivity contribution in [2.24, 2.45) is 5.41 Å². The molecule has 2 fully saturated rings. The van der Waals surface area contributed by atoms with Crippen LogP contribution in [0.3, 0.4) is 0 Å². The molecule has 1 aliphatic carbocycles. The summed E-state index contributed by atoms with van der Waals surface area (Å²) >= 11 is 1.58. The largest absolute Gasteiger partial charge is 0.393 e. The van der Waals surface area contributed by atoms with E-state index in [0.29, 0.717) is 37.8 Å². The van der Waals surface area contributed by atoms with Crippen LogP contribution >= 0.6 is 11.3 Å². The number of nitrogens with zero attached hydrogens (tertiary/aromatic N) is 5. The van der Waals surface area contributed by atoms with E-state index in [-0.39, 0.29) is 61.7 Å². The molecule has 7 aromatic rings. The molecular formula is C69H83N9O6S. The predicted octanol–water partition coefficient (Wildman–Crippen LogP) is 11.2. The van der Waals surface area contributed by atoms with Gasteiger partial charge in [-0.15, -0.1) is 11.3 Å². The molecule has 0 radical (unpaired) electrons. The standard InChI is InChI=1S/C69H83N9O6S/c1-47-63(85-46-74-47)53-33-31-49(32-34-53)42-72-67(83)57-41-56(80)44-76(57)68(84)64(69(2,3)4)75-59(82)30-19-7-5-6-10-20-39-71-58(81)29-18-9-8-13-22-48-23-21-24-50(40-48)43-77-62(52-27-16-12-17-28-52)60(51-25-14-11-15-26-51)61-65(70)78(45-73-66(61)77)54-35-37-55(79)38-36-54/h11-12,14-17,21,23-28,31-34,40,45-46,54-57,64,70,79-80H,5-10,18-20,29-30,35-39,41-44H2,1-4H3,(H,71,81)(H,72,83)(H,75,82)/t54?,55?,56-,57+,64-/m1/s1. The SMILES string of the molecule is Cc1ncsc1-c1ccc(CNC(=O)[C@@H]2C[C@@H](O)CN2C(=O)[C@@H](NC(=O)CCCCCCCCNC(=O)CCCCC#Cc2cccc(Cn3c(-c4ccccc4)c(-c4ccccc4)c4c(=N)n(C5CCC(O)CC5)cnc43)c2)C(C)(C)C)cc1. The number of carbonyl (C=O) groups is 4. The lowest BCUT2D eigenvalue weighted by Crippen LogP contribution is -2.57. The summed E-state index contributed by atoms with van der Waals surface area (Å²) in [5.74, 6) is 5.83. The molecular weight excluding hydrogens is 1080 g/mol. The smallest absolute Gasteiger partial charge is 0.246 e. The third-order valence-electron chi connectivity index (χ3n) is 16.5. The van der Waals surface area contributed by atoms with Crippen molar-refractivity contribution < 1.29 is 29.4 Å². The number of hydrogen-bond donors (Lipinski definition) is 6. The van der Waals surface area contributed by atoms with Gasteiger partial charge in [-0.25, -0.2) is 9.97 Å². The maximum atomic E-state index is 14.1. The van der Waals surface area contributed by atoms with E-state index in [1.54, 1.807) is 11.3 Å². The molecule has 4 amide bonds. The van der Waals surface area contributed by atoms with Gasteiger partial charge in [-0.3, -0.25) is 24.6 Å². The van der Waals surface area contributed by atoms with Gasteiger partial charge in [0.05, 0.1) is 45.7 Å². The molecule has 2 aliphatic rings. The molecule has 0 unspecified atom stereocenters. The summed E-state index contributed by atoms with van der Waals surface area (Å²) in [6.45, 7) is 9.10. The number of likely N-dealkylation sites (tertiary alicyclic amines) is 1. The number of amides is 4. The van der Waals surface area contributed by atoms with Crippen LogP contribution in [0.15, 0.2) is 121 Å². The average Bonchev–Trinajstić information content (AvgIpc) is 1.92. The Morgan fingerprint density at radius 3 is 2.13 bits per heavy atom. The molecule has 3 atom stereocenters. The zero-order chi connectivity index (χ0) is 59.9. The van der Waals surface area contributed by atoms with Gasteiger partial charge in [0.1, 0.15) is 23.2 Å². The van der Waals surface area contributed by atoms with Crippen molar-refractivity contribution in [3.05, 3.63) is 149 Å². The molecule has 9 rings (SSSR count). The first kappa shape index (κ1) is 61.8. The number of thiazole rings is 1. The summed E-state index contributed by atoms with van der Waals surface area (Å²) in [7, 11) is 0. The van der Waals surface area contributed by atoms with E-state index in [9.17, 15) is 34.8 Å². The fourth-order valence-corrected chi connectivity index (χ4v) is 12.7. The van der Waals surface area contributed by atoms with Crippen molar-refractivity contribution in [1.82, 2.24) is 40.0 Å². The van der Waals surface area contributed by atoms with E-state index in [1.165, 1.54) is 4.90 Å². The molecule has 1 saturated carbocycles. The average molecular weight is 1170 g/mol. The van der Waals surface area contributed by atoms with Crippen LogP contribution in [-0.4, -0.2) is 95.2 Å². The van der Waals surface area contributed by atoms with Crippen molar-refractivity contribution in [3.8, 4) is 44.7 Å². The van der Waals surface area contributed by atoms with Gasteiger partial charge in [0.25, 0.3) is 0 Å². The summed E-state index contributed by atoms with van der Waals surface area (Å²) in [5, 5.41) is 40.4. The highest BCUT2D eigenvalue weighted by molar-refractivity contribution is 7.13. The number of carbonyl (C=O) groups excluding carboxylic acids is 4. The number of aromatic nitrogens is 4. The van der Waals surface area contributed by atoms with Gasteiger partial charge in [0.15, 0.2) is 0 Å². The number of unbranched alkanes of at least 4 members (excludes halogenated alkanes) is 7. The Morgan fingerprint density at radius 2 is 1.42 bits per heavy atom. The monoisotopic (exact) mass is 1170 g/mol. The molecule has 16 heteroatoms. The summed E-state index contributed by atoms with van der Waals surface area (Å²) in [6, 6.07) is 35.3. The molecule has 15 nitrogen and oxygen atoms in total. The topological polar surface area (TPSA) is 208 Å². The van der Waals surface area contributed by atoms with Crippen LogP contribution in [0.5, 0.6) is 0 Å². The number of hydrogen-bond acceptors (Lipinski definition) is 10. The Balaban J connectivity index is 0.675. The van der Waals surface area contributed by atoms with Crippen LogP contribution in [-0.2, 0) is 32.3 Å². The number of aryl methyl sites for hydroxylation is 1. The normalized spacial score (nSPS) is 17.3. The molecule has 0 bridgehead atoms. The lowest BCUT2D eigenvalue weighted by atomic mass is 9.85. The Bertz CT molecular complexity index is 3510. The fourth-order valence-electron chi connectivity index (χ4n) is 11.9. The van der Waals surface area contributed by atoms with Gasteiger partial charge >= 0.3 is 0 Å². The summed E-state index contributed by atoms with van der Waals surface area (Å²) < 4.78 is 4.26. The molecule has 6 N–H and O–H groups in total. The summed E-state index contributed by atoms with van der Waals surface area (Å²) in [5.41, 5.74) is 11.4. The third kappa shape index (κ3) is 16.2. The number of aliphatic hydroxyl groups is 2. The van der Waals surface area contributed by atoms with Gasteiger partial charge < -0.3 is 40.2 Å². The van der Waals surface area contributed by atoms with Gasteiger partial charge in [0.2, 0.25) is 23.6 Å². The molecule has 1 saturated heterocycles. The first-order chi connectivity index (χ1) is 41.1. The van der Waals surface area contributed by atoms with E-state index in [4.69, 9.17) is 4.98 Å². The minimum absolute atomic E-state index is 0.0225. The van der Waals surface area contributed by atoms with Crippen LogP contribution in [0.25, 0.3) is 43.9 Å². The Hall–Kier alpha value is -7.71. The second-order valence-corrected chi connectivity index (χ2v) is 24.9. The minimum Gasteiger partial charge on any atom is -0.393 e. The van der Waals surface area contributed by atoms with Gasteiger partial charge in [-0.05, 0) is 104 Å². The fraction of sp³-hybridized carbons (Fsp3) is 0.435. The number of benzene rings is 4. The third-order valence-corrected chi connectivity index (χ3v) is 17.5. The molecule has 3 aromatic heterocycles. The maximum absolute atomic E-state index is 14.1. The first-order valence-corrected chi connectivity index (χ1v) is 31.4. The molecule has 1 aliphatic heterocycles. The quantitative estimate of drug-likeness (QED) is 0.0253.